The molecule has 6 heteroatoms. The summed E-state index contributed by atoms with van der Waals surface area (Å²) in [5, 5.41) is 10.3. The molecule has 0 spiro atoms. The third-order valence-electron chi connectivity index (χ3n) is 2.46. The Morgan fingerprint density at radius 3 is 2.53 bits per heavy atom. The van der Waals surface area contributed by atoms with Crippen LogP contribution >= 0.6 is 11.6 Å². The summed E-state index contributed by atoms with van der Waals surface area (Å²) in [7, 11) is 1.48. The van der Waals surface area contributed by atoms with E-state index < -0.39 is 6.10 Å². The first-order chi connectivity index (χ1) is 9.20. The number of nitrogens with zero attached hydrogens (tertiary/aromatic N) is 2. The molecule has 0 unspecified atom stereocenters. The van der Waals surface area contributed by atoms with Gasteiger partial charge in [0.05, 0.1) is 0 Å². The summed E-state index contributed by atoms with van der Waals surface area (Å²) in [5.74, 6) is 0.0118. The molecule has 1 atom stereocenters. The van der Waals surface area contributed by atoms with Gasteiger partial charge < -0.3 is 10.1 Å². The van der Waals surface area contributed by atoms with Gasteiger partial charge in [-0.25, -0.2) is 0 Å². The molecular weight excluding hydrogens is 266 g/mol. The number of hydrogen-bond donors (Lipinski definition) is 1. The summed E-state index contributed by atoms with van der Waals surface area (Å²) in [6, 6.07) is 12.3. The molecular formula is C13H12ClN3O2. The van der Waals surface area contributed by atoms with E-state index in [4.69, 9.17) is 16.3 Å². The van der Waals surface area contributed by atoms with Crippen molar-refractivity contribution in [2.75, 3.05) is 12.4 Å². The zero-order valence-corrected chi connectivity index (χ0v) is 11.0. The lowest BCUT2D eigenvalue weighted by Crippen LogP contribution is -2.23. The van der Waals surface area contributed by atoms with Gasteiger partial charge in [-0.2, -0.15) is 0 Å². The highest BCUT2D eigenvalue weighted by Crippen LogP contribution is 2.18. The lowest BCUT2D eigenvalue weighted by Gasteiger charge is -2.14. The molecule has 1 amide bonds. The first kappa shape index (κ1) is 13.5. The van der Waals surface area contributed by atoms with Crippen LogP contribution < -0.4 is 5.32 Å². The Morgan fingerprint density at radius 2 is 1.95 bits per heavy atom. The van der Waals surface area contributed by atoms with Crippen molar-refractivity contribution in [1.29, 1.82) is 0 Å². The lowest BCUT2D eigenvalue weighted by atomic mass is 10.1. The molecule has 0 aliphatic carbocycles. The predicted octanol–water partition coefficient (Wildman–Crippen LogP) is 2.46. The molecule has 0 radical (unpaired) electrons. The largest absolute Gasteiger partial charge is 0.367 e. The minimum atomic E-state index is -0.696. The van der Waals surface area contributed by atoms with Crippen LogP contribution in [0.15, 0.2) is 42.5 Å². The van der Waals surface area contributed by atoms with Gasteiger partial charge >= 0.3 is 0 Å². The molecule has 2 rings (SSSR count). The Labute approximate surface area is 115 Å². The average Bonchev–Trinajstić information content (AvgIpc) is 2.43. The summed E-state index contributed by atoms with van der Waals surface area (Å²) >= 11 is 5.62. The van der Waals surface area contributed by atoms with Crippen LogP contribution in [0.5, 0.6) is 0 Å². The first-order valence-electron chi connectivity index (χ1n) is 5.58. The van der Waals surface area contributed by atoms with E-state index in [2.05, 4.69) is 15.5 Å². The minimum absolute atomic E-state index is 0.268. The lowest BCUT2D eigenvalue weighted by molar-refractivity contribution is -0.126. The van der Waals surface area contributed by atoms with Gasteiger partial charge in [-0.05, 0) is 17.7 Å². The van der Waals surface area contributed by atoms with Crippen LogP contribution in [0, 0.1) is 0 Å². The van der Waals surface area contributed by atoms with E-state index >= 15 is 0 Å². The number of anilines is 1. The highest BCUT2D eigenvalue weighted by molar-refractivity contribution is 6.29. The summed E-state index contributed by atoms with van der Waals surface area (Å²) < 4.78 is 5.21. The molecule has 0 aliphatic rings. The van der Waals surface area contributed by atoms with E-state index in [9.17, 15) is 4.79 Å². The fourth-order valence-corrected chi connectivity index (χ4v) is 1.70. The van der Waals surface area contributed by atoms with Crippen molar-refractivity contribution in [3.05, 3.63) is 53.2 Å². The van der Waals surface area contributed by atoms with E-state index in [1.54, 1.807) is 12.1 Å². The Bertz CT molecular complexity index is 546. The highest BCUT2D eigenvalue weighted by atomic mass is 35.5. The van der Waals surface area contributed by atoms with Crippen LogP contribution in [0.1, 0.15) is 11.7 Å². The number of carbonyl (C=O) groups excluding carboxylic acids is 1. The molecule has 1 N–H and O–H groups in total. The van der Waals surface area contributed by atoms with Crippen molar-refractivity contribution in [2.24, 2.45) is 0 Å². The number of rotatable bonds is 4. The number of amides is 1. The van der Waals surface area contributed by atoms with E-state index in [0.29, 0.717) is 5.82 Å². The zero-order chi connectivity index (χ0) is 13.7. The molecule has 5 nitrogen and oxygen atoms in total. The second kappa shape index (κ2) is 6.26. The van der Waals surface area contributed by atoms with E-state index in [0.717, 1.165) is 5.56 Å². The van der Waals surface area contributed by atoms with Gasteiger partial charge in [0.1, 0.15) is 0 Å². The molecule has 98 valence electrons. The Kier molecular flexibility index (Phi) is 4.43. The number of hydrogen-bond acceptors (Lipinski definition) is 4. The first-order valence-corrected chi connectivity index (χ1v) is 5.96. The molecule has 0 fully saturated rings. The molecule has 1 heterocycles. The number of methoxy groups -OCH3 is 1. The summed E-state index contributed by atoms with van der Waals surface area (Å²) in [6.45, 7) is 0. The highest BCUT2D eigenvalue weighted by Gasteiger charge is 2.20. The van der Waals surface area contributed by atoms with Crippen molar-refractivity contribution >= 4 is 23.3 Å². The van der Waals surface area contributed by atoms with E-state index in [-0.39, 0.29) is 11.1 Å². The number of benzene rings is 1. The quantitative estimate of drug-likeness (QED) is 0.932. The van der Waals surface area contributed by atoms with Crippen molar-refractivity contribution in [3.63, 3.8) is 0 Å². The third-order valence-corrected chi connectivity index (χ3v) is 2.66. The van der Waals surface area contributed by atoms with Gasteiger partial charge in [0.2, 0.25) is 0 Å². The summed E-state index contributed by atoms with van der Waals surface area (Å²) in [5.41, 5.74) is 0.768. The maximum absolute atomic E-state index is 12.1. The van der Waals surface area contributed by atoms with Crippen LogP contribution in [0.2, 0.25) is 5.15 Å². The van der Waals surface area contributed by atoms with Crippen molar-refractivity contribution in [3.8, 4) is 0 Å². The molecule has 0 bridgehead atoms. The monoisotopic (exact) mass is 277 g/mol. The predicted molar refractivity (Wildman–Crippen MR) is 71.9 cm³/mol. The molecule has 19 heavy (non-hydrogen) atoms. The number of halogens is 1. The standard InChI is InChI=1S/C13H12ClN3O2/c1-19-12(9-5-3-2-4-6-9)13(18)15-11-8-7-10(14)16-17-11/h2-8,12H,1H3,(H,15,17,18)/t12-/m1/s1. The van der Waals surface area contributed by atoms with Crippen LogP contribution in [-0.4, -0.2) is 23.2 Å². The van der Waals surface area contributed by atoms with Crippen LogP contribution in [-0.2, 0) is 9.53 Å². The maximum atomic E-state index is 12.1. The molecule has 0 saturated carbocycles. The second-order valence-electron chi connectivity index (χ2n) is 3.76. The smallest absolute Gasteiger partial charge is 0.259 e. The number of carbonyl (C=O) groups is 1. The SMILES string of the molecule is CO[C@@H](C(=O)Nc1ccc(Cl)nn1)c1ccccc1. The van der Waals surface area contributed by atoms with Crippen molar-refractivity contribution in [2.45, 2.75) is 6.10 Å². The van der Waals surface area contributed by atoms with Crippen molar-refractivity contribution in [1.82, 2.24) is 10.2 Å². The third kappa shape index (κ3) is 3.49. The molecule has 1 aromatic heterocycles. The van der Waals surface area contributed by atoms with Gasteiger partial charge in [-0.1, -0.05) is 41.9 Å². The fourth-order valence-electron chi connectivity index (χ4n) is 1.60. The number of nitrogens with one attached hydrogen (secondary N) is 1. The molecule has 2 aromatic rings. The number of ether oxygens (including phenoxy) is 1. The van der Waals surface area contributed by atoms with Crippen molar-refractivity contribution < 1.29 is 9.53 Å². The minimum Gasteiger partial charge on any atom is -0.367 e. The summed E-state index contributed by atoms with van der Waals surface area (Å²) in [6.07, 6.45) is -0.696. The molecule has 1 aromatic carbocycles. The van der Waals surface area contributed by atoms with Gasteiger partial charge in [0.15, 0.2) is 17.1 Å². The van der Waals surface area contributed by atoms with E-state index in [1.807, 2.05) is 30.3 Å². The Balaban J connectivity index is 2.11. The number of aromatic nitrogens is 2. The summed E-state index contributed by atoms with van der Waals surface area (Å²) in [4.78, 5) is 12.1. The maximum Gasteiger partial charge on any atom is 0.259 e. The van der Waals surface area contributed by atoms with Crippen LogP contribution in [0.25, 0.3) is 0 Å². The average molecular weight is 278 g/mol. The van der Waals surface area contributed by atoms with Gasteiger partial charge in [-0.15, -0.1) is 10.2 Å². The normalized spacial score (nSPS) is 11.9. The molecule has 0 aliphatic heterocycles. The zero-order valence-electron chi connectivity index (χ0n) is 10.2. The van der Waals surface area contributed by atoms with Gasteiger partial charge in [0, 0.05) is 7.11 Å². The van der Waals surface area contributed by atoms with Crippen LogP contribution in [0.4, 0.5) is 5.82 Å². The second-order valence-corrected chi connectivity index (χ2v) is 4.14. The molecule has 0 saturated heterocycles. The van der Waals surface area contributed by atoms with Crippen LogP contribution in [0.3, 0.4) is 0 Å². The van der Waals surface area contributed by atoms with E-state index in [1.165, 1.54) is 7.11 Å². The van der Waals surface area contributed by atoms with Gasteiger partial charge in [0.25, 0.3) is 5.91 Å². The fraction of sp³-hybridized carbons (Fsp3) is 0.154. The topological polar surface area (TPSA) is 64.1 Å². The van der Waals surface area contributed by atoms with Gasteiger partial charge in [-0.3, -0.25) is 4.79 Å². The Hall–Kier alpha value is -1.98. The Morgan fingerprint density at radius 1 is 1.21 bits per heavy atom.